The molecule has 0 fully saturated rings. The predicted octanol–water partition coefficient (Wildman–Crippen LogP) is 7.22. The Kier molecular flexibility index (Phi) is 9.83. The minimum Gasteiger partial charge on any atom is -0.508 e. The highest BCUT2D eigenvalue weighted by Crippen LogP contribution is 2.28. The summed E-state index contributed by atoms with van der Waals surface area (Å²) in [4.78, 5) is 0. The fourth-order valence-corrected chi connectivity index (χ4v) is 3.52. The van der Waals surface area contributed by atoms with Gasteiger partial charge in [0.25, 0.3) is 0 Å². The molecule has 0 radical (unpaired) electrons. The highest BCUT2D eigenvalue weighted by atomic mass is 16.5. The van der Waals surface area contributed by atoms with E-state index in [2.05, 4.69) is 32.0 Å². The Balaban J connectivity index is 2.08. The number of unbranched alkanes of at least 4 members (excludes halogenated alkanes) is 6. The third kappa shape index (κ3) is 7.28. The first-order valence-electron chi connectivity index (χ1n) is 10.8. The molecule has 27 heavy (non-hydrogen) atoms. The molecule has 0 saturated carbocycles. The van der Waals surface area contributed by atoms with Crippen LogP contribution in [0.1, 0.15) is 81.9 Å². The van der Waals surface area contributed by atoms with Crippen molar-refractivity contribution in [1.29, 1.82) is 0 Å². The highest BCUT2D eigenvalue weighted by molar-refractivity contribution is 5.41. The van der Waals surface area contributed by atoms with E-state index in [1.54, 1.807) is 6.07 Å². The number of hydrogen-bond acceptors (Lipinski definition) is 2. The van der Waals surface area contributed by atoms with Crippen molar-refractivity contribution in [2.45, 2.75) is 84.7 Å². The van der Waals surface area contributed by atoms with E-state index in [-0.39, 0.29) is 0 Å². The lowest BCUT2D eigenvalue weighted by atomic mass is 9.96. The van der Waals surface area contributed by atoms with Crippen LogP contribution in [-0.2, 0) is 19.4 Å². The van der Waals surface area contributed by atoms with Crippen molar-refractivity contribution in [1.82, 2.24) is 0 Å². The molecule has 0 heterocycles. The zero-order valence-corrected chi connectivity index (χ0v) is 17.2. The zero-order chi connectivity index (χ0) is 19.3. The van der Waals surface area contributed by atoms with Gasteiger partial charge in [0.1, 0.15) is 18.1 Å². The van der Waals surface area contributed by atoms with Crippen molar-refractivity contribution in [3.05, 3.63) is 59.2 Å². The molecule has 0 unspecified atom stereocenters. The first-order chi connectivity index (χ1) is 13.3. The number of aromatic hydroxyl groups is 1. The van der Waals surface area contributed by atoms with E-state index in [1.807, 2.05) is 18.2 Å². The largest absolute Gasteiger partial charge is 0.508 e. The fourth-order valence-electron chi connectivity index (χ4n) is 3.52. The lowest BCUT2D eigenvalue weighted by Crippen LogP contribution is -2.03. The Bertz CT molecular complexity index is 663. The summed E-state index contributed by atoms with van der Waals surface area (Å²) in [6, 6.07) is 13.9. The first kappa shape index (κ1) is 21.3. The predicted molar refractivity (Wildman–Crippen MR) is 115 cm³/mol. The van der Waals surface area contributed by atoms with Crippen LogP contribution in [0.4, 0.5) is 0 Å². The first-order valence-corrected chi connectivity index (χ1v) is 10.8. The third-order valence-electron chi connectivity index (χ3n) is 5.18. The smallest absolute Gasteiger partial charge is 0.123 e. The fraction of sp³-hybridized carbons (Fsp3) is 0.520. The number of phenolic OH excluding ortho intramolecular Hbond substituents is 1. The number of aryl methyl sites for hydroxylation is 1. The molecule has 2 aromatic carbocycles. The monoisotopic (exact) mass is 368 g/mol. The van der Waals surface area contributed by atoms with Crippen LogP contribution in [0, 0.1) is 0 Å². The van der Waals surface area contributed by atoms with E-state index in [0.717, 1.165) is 24.2 Å². The number of ether oxygens (including phenoxy) is 1. The van der Waals surface area contributed by atoms with Crippen LogP contribution < -0.4 is 4.74 Å². The molecule has 1 N–H and O–H groups in total. The van der Waals surface area contributed by atoms with Crippen molar-refractivity contribution in [2.24, 2.45) is 0 Å². The Morgan fingerprint density at radius 1 is 0.704 bits per heavy atom. The van der Waals surface area contributed by atoms with Crippen LogP contribution >= 0.6 is 0 Å². The van der Waals surface area contributed by atoms with Gasteiger partial charge in [-0.3, -0.25) is 0 Å². The van der Waals surface area contributed by atoms with E-state index in [1.165, 1.54) is 62.5 Å². The number of phenols is 1. The molecule has 2 rings (SSSR count). The molecule has 0 amide bonds. The third-order valence-corrected chi connectivity index (χ3v) is 5.18. The summed E-state index contributed by atoms with van der Waals surface area (Å²) < 4.78 is 6.17. The lowest BCUT2D eigenvalue weighted by Gasteiger charge is -2.16. The van der Waals surface area contributed by atoms with Crippen molar-refractivity contribution in [2.75, 3.05) is 0 Å². The molecule has 2 aromatic rings. The molecule has 0 aliphatic rings. The average molecular weight is 369 g/mol. The lowest BCUT2D eigenvalue weighted by molar-refractivity contribution is 0.295. The highest BCUT2D eigenvalue weighted by Gasteiger charge is 2.11. The Labute approximate surface area is 165 Å². The molecular formula is C25H36O2. The Hall–Kier alpha value is -1.96. The molecular weight excluding hydrogens is 332 g/mol. The molecule has 2 heteroatoms. The van der Waals surface area contributed by atoms with Crippen molar-refractivity contribution >= 4 is 0 Å². The topological polar surface area (TPSA) is 29.5 Å². The molecule has 148 valence electrons. The normalized spacial score (nSPS) is 10.9. The van der Waals surface area contributed by atoms with Crippen LogP contribution in [0.25, 0.3) is 0 Å². The minimum absolute atomic E-state index is 0.303. The zero-order valence-electron chi connectivity index (χ0n) is 17.2. The summed E-state index contributed by atoms with van der Waals surface area (Å²) >= 11 is 0. The summed E-state index contributed by atoms with van der Waals surface area (Å²) in [5.74, 6) is 1.29. The summed E-state index contributed by atoms with van der Waals surface area (Å²) in [7, 11) is 0. The second-order valence-corrected chi connectivity index (χ2v) is 7.43. The Morgan fingerprint density at radius 2 is 1.37 bits per heavy atom. The van der Waals surface area contributed by atoms with E-state index in [0.29, 0.717) is 12.4 Å². The molecule has 2 nitrogen and oxygen atoms in total. The number of benzene rings is 2. The number of para-hydroxylation sites is 1. The SMILES string of the molecule is CCCCCCc1cccc(OCc2ccccc2O)c1CCCCCC. The van der Waals surface area contributed by atoms with Crippen molar-refractivity contribution in [3.8, 4) is 11.5 Å². The summed E-state index contributed by atoms with van der Waals surface area (Å²) in [6.07, 6.45) is 12.4. The van der Waals surface area contributed by atoms with E-state index >= 15 is 0 Å². The van der Waals surface area contributed by atoms with Gasteiger partial charge in [-0.25, -0.2) is 0 Å². The van der Waals surface area contributed by atoms with Gasteiger partial charge in [-0.1, -0.05) is 82.7 Å². The van der Waals surface area contributed by atoms with Gasteiger partial charge in [0.05, 0.1) is 0 Å². The van der Waals surface area contributed by atoms with Crippen LogP contribution in [0.5, 0.6) is 11.5 Å². The van der Waals surface area contributed by atoms with Gasteiger partial charge in [-0.15, -0.1) is 0 Å². The van der Waals surface area contributed by atoms with E-state index in [9.17, 15) is 5.11 Å². The quantitative estimate of drug-likeness (QED) is 0.378. The van der Waals surface area contributed by atoms with Gasteiger partial charge in [0.15, 0.2) is 0 Å². The second-order valence-electron chi connectivity index (χ2n) is 7.43. The summed E-state index contributed by atoms with van der Waals surface area (Å²) in [5, 5.41) is 10.00. The molecule has 0 bridgehead atoms. The Morgan fingerprint density at radius 3 is 2.07 bits per heavy atom. The van der Waals surface area contributed by atoms with Gasteiger partial charge in [0.2, 0.25) is 0 Å². The number of hydrogen-bond donors (Lipinski definition) is 1. The molecule has 0 aliphatic carbocycles. The van der Waals surface area contributed by atoms with Crippen LogP contribution in [0.3, 0.4) is 0 Å². The van der Waals surface area contributed by atoms with Crippen LogP contribution in [0.2, 0.25) is 0 Å². The van der Waals surface area contributed by atoms with Crippen molar-refractivity contribution in [3.63, 3.8) is 0 Å². The molecule has 0 aliphatic heterocycles. The molecule has 0 spiro atoms. The van der Waals surface area contributed by atoms with E-state index < -0.39 is 0 Å². The maximum atomic E-state index is 10.00. The molecule has 0 atom stereocenters. The van der Waals surface area contributed by atoms with Gasteiger partial charge in [-0.05, 0) is 48.9 Å². The maximum absolute atomic E-state index is 10.00. The van der Waals surface area contributed by atoms with Gasteiger partial charge < -0.3 is 9.84 Å². The molecule has 0 aromatic heterocycles. The summed E-state index contributed by atoms with van der Waals surface area (Å²) in [5.41, 5.74) is 3.65. The van der Waals surface area contributed by atoms with Gasteiger partial charge in [-0.2, -0.15) is 0 Å². The van der Waals surface area contributed by atoms with Crippen LogP contribution in [-0.4, -0.2) is 5.11 Å². The van der Waals surface area contributed by atoms with Gasteiger partial charge in [0, 0.05) is 5.56 Å². The minimum atomic E-state index is 0.303. The number of rotatable bonds is 13. The van der Waals surface area contributed by atoms with Crippen molar-refractivity contribution < 1.29 is 9.84 Å². The standard InChI is InChI=1S/C25H36O2/c1-3-5-7-9-14-21-16-13-19-25(23(21)17-10-8-6-4-2)27-20-22-15-11-12-18-24(22)26/h11-13,15-16,18-19,26H,3-10,14,17,20H2,1-2H3. The maximum Gasteiger partial charge on any atom is 0.123 e. The van der Waals surface area contributed by atoms with E-state index in [4.69, 9.17) is 4.74 Å². The average Bonchev–Trinajstić information content (AvgIpc) is 2.69. The second kappa shape index (κ2) is 12.4. The van der Waals surface area contributed by atoms with Crippen LogP contribution in [0.15, 0.2) is 42.5 Å². The molecule has 0 saturated heterocycles. The van der Waals surface area contributed by atoms with Gasteiger partial charge >= 0.3 is 0 Å². The summed E-state index contributed by atoms with van der Waals surface area (Å²) in [6.45, 7) is 4.92.